The SMILES string of the molecule is CCOC(=O)c1nccc(C2CCCC2)n1. The van der Waals surface area contributed by atoms with Gasteiger partial charge in [-0.05, 0) is 25.8 Å². The smallest absolute Gasteiger partial charge is 0.376 e. The van der Waals surface area contributed by atoms with Crippen molar-refractivity contribution in [1.29, 1.82) is 0 Å². The van der Waals surface area contributed by atoms with Crippen LogP contribution in [0, 0.1) is 0 Å². The lowest BCUT2D eigenvalue weighted by atomic mass is 10.0. The number of hydrogen-bond donors (Lipinski definition) is 0. The standard InChI is InChI=1S/C12H16N2O2/c1-2-16-12(15)11-13-8-7-10(14-11)9-5-3-4-6-9/h7-9H,2-6H2,1H3. The van der Waals surface area contributed by atoms with Gasteiger partial charge in [-0.1, -0.05) is 12.8 Å². The van der Waals surface area contributed by atoms with Crippen LogP contribution in [0.25, 0.3) is 0 Å². The fourth-order valence-corrected chi connectivity index (χ4v) is 2.12. The van der Waals surface area contributed by atoms with Crippen LogP contribution in [0.2, 0.25) is 0 Å². The van der Waals surface area contributed by atoms with Gasteiger partial charge in [-0.25, -0.2) is 14.8 Å². The zero-order valence-electron chi connectivity index (χ0n) is 9.48. The predicted molar refractivity (Wildman–Crippen MR) is 59.2 cm³/mol. The molecule has 0 radical (unpaired) electrons. The molecule has 0 unspecified atom stereocenters. The number of esters is 1. The van der Waals surface area contributed by atoms with Gasteiger partial charge in [-0.2, -0.15) is 0 Å². The summed E-state index contributed by atoms with van der Waals surface area (Å²) in [4.78, 5) is 19.7. The van der Waals surface area contributed by atoms with Crippen molar-refractivity contribution in [2.45, 2.75) is 38.5 Å². The number of ether oxygens (including phenoxy) is 1. The molecule has 86 valence electrons. The van der Waals surface area contributed by atoms with E-state index in [-0.39, 0.29) is 5.82 Å². The van der Waals surface area contributed by atoms with E-state index in [0.717, 1.165) is 5.69 Å². The Balaban J connectivity index is 2.15. The van der Waals surface area contributed by atoms with Crippen LogP contribution in [0.5, 0.6) is 0 Å². The molecular weight excluding hydrogens is 204 g/mol. The van der Waals surface area contributed by atoms with Crippen molar-refractivity contribution in [2.24, 2.45) is 0 Å². The van der Waals surface area contributed by atoms with E-state index in [1.807, 2.05) is 6.07 Å². The molecule has 0 bridgehead atoms. The molecule has 1 aromatic rings. The van der Waals surface area contributed by atoms with Crippen LogP contribution in [-0.2, 0) is 4.74 Å². The van der Waals surface area contributed by atoms with E-state index in [1.54, 1.807) is 13.1 Å². The highest BCUT2D eigenvalue weighted by atomic mass is 16.5. The number of aromatic nitrogens is 2. The Hall–Kier alpha value is -1.45. The normalized spacial score (nSPS) is 16.3. The molecule has 1 saturated carbocycles. The summed E-state index contributed by atoms with van der Waals surface area (Å²) >= 11 is 0. The minimum absolute atomic E-state index is 0.186. The van der Waals surface area contributed by atoms with Gasteiger partial charge in [0.2, 0.25) is 5.82 Å². The summed E-state index contributed by atoms with van der Waals surface area (Å²) < 4.78 is 4.88. The lowest BCUT2D eigenvalue weighted by Gasteiger charge is -2.08. The third-order valence-corrected chi connectivity index (χ3v) is 2.91. The first-order valence-electron chi connectivity index (χ1n) is 5.81. The Kier molecular flexibility index (Phi) is 3.49. The number of rotatable bonds is 3. The summed E-state index contributed by atoms with van der Waals surface area (Å²) in [5.74, 6) is 0.254. The van der Waals surface area contributed by atoms with Crippen LogP contribution < -0.4 is 0 Å². The molecule has 0 aliphatic heterocycles. The van der Waals surface area contributed by atoms with Gasteiger partial charge in [0.1, 0.15) is 0 Å². The largest absolute Gasteiger partial charge is 0.460 e. The summed E-state index contributed by atoms with van der Waals surface area (Å²) in [5, 5.41) is 0. The van der Waals surface area contributed by atoms with Crippen molar-refractivity contribution in [2.75, 3.05) is 6.61 Å². The van der Waals surface area contributed by atoms with Crippen LogP contribution >= 0.6 is 0 Å². The molecule has 0 N–H and O–H groups in total. The van der Waals surface area contributed by atoms with Gasteiger partial charge in [0, 0.05) is 17.8 Å². The molecule has 1 aliphatic rings. The lowest BCUT2D eigenvalue weighted by Crippen LogP contribution is -2.11. The zero-order chi connectivity index (χ0) is 11.4. The fourth-order valence-electron chi connectivity index (χ4n) is 2.12. The number of nitrogens with zero attached hydrogens (tertiary/aromatic N) is 2. The molecule has 16 heavy (non-hydrogen) atoms. The van der Waals surface area contributed by atoms with Gasteiger partial charge in [0.25, 0.3) is 0 Å². The van der Waals surface area contributed by atoms with Crippen LogP contribution in [0.3, 0.4) is 0 Å². The zero-order valence-corrected chi connectivity index (χ0v) is 9.48. The number of hydrogen-bond acceptors (Lipinski definition) is 4. The van der Waals surface area contributed by atoms with Crippen molar-refractivity contribution in [3.8, 4) is 0 Å². The average molecular weight is 220 g/mol. The van der Waals surface area contributed by atoms with Crippen LogP contribution in [0.1, 0.15) is 54.8 Å². The van der Waals surface area contributed by atoms with Crippen molar-refractivity contribution in [3.05, 3.63) is 23.8 Å². The molecule has 0 amide bonds. The summed E-state index contributed by atoms with van der Waals surface area (Å²) in [6.07, 6.45) is 6.48. The second-order valence-corrected chi connectivity index (χ2v) is 4.01. The highest BCUT2D eigenvalue weighted by Crippen LogP contribution is 2.32. The van der Waals surface area contributed by atoms with Gasteiger partial charge in [-0.3, -0.25) is 0 Å². The van der Waals surface area contributed by atoms with Gasteiger partial charge in [-0.15, -0.1) is 0 Å². The summed E-state index contributed by atoms with van der Waals surface area (Å²) in [6, 6.07) is 1.90. The fraction of sp³-hybridized carbons (Fsp3) is 0.583. The quantitative estimate of drug-likeness (QED) is 0.733. The molecule has 0 aromatic carbocycles. The van der Waals surface area contributed by atoms with E-state index in [9.17, 15) is 4.79 Å². The monoisotopic (exact) mass is 220 g/mol. The molecule has 0 spiro atoms. The average Bonchev–Trinajstić information content (AvgIpc) is 2.83. The topological polar surface area (TPSA) is 52.1 Å². The summed E-state index contributed by atoms with van der Waals surface area (Å²) in [7, 11) is 0. The van der Waals surface area contributed by atoms with Crippen LogP contribution in [0.4, 0.5) is 0 Å². The Morgan fingerprint density at radius 3 is 2.94 bits per heavy atom. The second kappa shape index (κ2) is 5.05. The molecule has 1 heterocycles. The van der Waals surface area contributed by atoms with E-state index < -0.39 is 5.97 Å². The lowest BCUT2D eigenvalue weighted by molar-refractivity contribution is 0.0511. The molecule has 0 atom stereocenters. The minimum atomic E-state index is -0.428. The third-order valence-electron chi connectivity index (χ3n) is 2.91. The Bertz CT molecular complexity index is 373. The molecule has 1 fully saturated rings. The van der Waals surface area contributed by atoms with Gasteiger partial charge in [0.15, 0.2) is 0 Å². The van der Waals surface area contributed by atoms with E-state index >= 15 is 0 Å². The first kappa shape index (κ1) is 11.0. The number of carbonyl (C=O) groups is 1. The van der Waals surface area contributed by atoms with E-state index in [2.05, 4.69) is 9.97 Å². The van der Waals surface area contributed by atoms with E-state index in [0.29, 0.717) is 12.5 Å². The molecule has 4 nitrogen and oxygen atoms in total. The Morgan fingerprint density at radius 1 is 1.50 bits per heavy atom. The molecule has 2 rings (SSSR count). The summed E-state index contributed by atoms with van der Waals surface area (Å²) in [6.45, 7) is 2.13. The van der Waals surface area contributed by atoms with Crippen molar-refractivity contribution >= 4 is 5.97 Å². The van der Waals surface area contributed by atoms with E-state index in [4.69, 9.17) is 4.74 Å². The van der Waals surface area contributed by atoms with Gasteiger partial charge >= 0.3 is 5.97 Å². The first-order valence-corrected chi connectivity index (χ1v) is 5.81. The molecule has 4 heteroatoms. The molecule has 1 aliphatic carbocycles. The van der Waals surface area contributed by atoms with Crippen molar-refractivity contribution < 1.29 is 9.53 Å². The maximum atomic E-state index is 11.5. The summed E-state index contributed by atoms with van der Waals surface area (Å²) in [5.41, 5.74) is 0.982. The Morgan fingerprint density at radius 2 is 2.25 bits per heavy atom. The van der Waals surface area contributed by atoms with Crippen molar-refractivity contribution in [3.63, 3.8) is 0 Å². The van der Waals surface area contributed by atoms with Crippen LogP contribution in [0.15, 0.2) is 12.3 Å². The van der Waals surface area contributed by atoms with E-state index in [1.165, 1.54) is 25.7 Å². The molecule has 0 saturated heterocycles. The van der Waals surface area contributed by atoms with Crippen LogP contribution in [-0.4, -0.2) is 22.5 Å². The Labute approximate surface area is 95.1 Å². The maximum Gasteiger partial charge on any atom is 0.376 e. The van der Waals surface area contributed by atoms with Gasteiger partial charge < -0.3 is 4.74 Å². The second-order valence-electron chi connectivity index (χ2n) is 4.01. The highest BCUT2D eigenvalue weighted by molar-refractivity contribution is 5.85. The minimum Gasteiger partial charge on any atom is -0.460 e. The van der Waals surface area contributed by atoms with Gasteiger partial charge in [0.05, 0.1) is 6.61 Å². The molecular formula is C12H16N2O2. The first-order chi connectivity index (χ1) is 7.81. The maximum absolute atomic E-state index is 11.5. The predicted octanol–water partition coefficient (Wildman–Crippen LogP) is 2.31. The molecule has 1 aromatic heterocycles. The number of carbonyl (C=O) groups excluding carboxylic acids is 1. The van der Waals surface area contributed by atoms with Crippen molar-refractivity contribution in [1.82, 2.24) is 9.97 Å². The third kappa shape index (κ3) is 2.38. The highest BCUT2D eigenvalue weighted by Gasteiger charge is 2.20.